The first-order valence-corrected chi connectivity index (χ1v) is 5.92. The van der Waals surface area contributed by atoms with Gasteiger partial charge in [-0.25, -0.2) is 9.97 Å². The van der Waals surface area contributed by atoms with Crippen molar-refractivity contribution < 1.29 is 9.90 Å². The molecule has 18 heavy (non-hydrogen) atoms. The van der Waals surface area contributed by atoms with Crippen molar-refractivity contribution in [3.05, 3.63) is 41.2 Å². The van der Waals surface area contributed by atoms with Crippen molar-refractivity contribution >= 4 is 6.29 Å². The summed E-state index contributed by atoms with van der Waals surface area (Å²) >= 11 is 0. The van der Waals surface area contributed by atoms with E-state index in [-0.39, 0.29) is 5.75 Å². The minimum atomic E-state index is 0.171. The SMILES string of the molecule is O=Cc1nc(-c2cccc(O)c2)nc2c1CCC2. The Morgan fingerprint density at radius 2 is 2.11 bits per heavy atom. The Kier molecular flexibility index (Phi) is 2.55. The third-order valence-electron chi connectivity index (χ3n) is 3.18. The molecule has 0 spiro atoms. The van der Waals surface area contributed by atoms with E-state index in [0.29, 0.717) is 11.5 Å². The quantitative estimate of drug-likeness (QED) is 0.817. The van der Waals surface area contributed by atoms with Crippen molar-refractivity contribution in [2.45, 2.75) is 19.3 Å². The Hall–Kier alpha value is -2.23. The van der Waals surface area contributed by atoms with Gasteiger partial charge in [0.05, 0.1) is 0 Å². The Morgan fingerprint density at radius 1 is 1.22 bits per heavy atom. The number of aromatic hydroxyl groups is 1. The summed E-state index contributed by atoms with van der Waals surface area (Å²) in [5.41, 5.74) is 3.16. The van der Waals surface area contributed by atoms with E-state index in [4.69, 9.17) is 0 Å². The lowest BCUT2D eigenvalue weighted by atomic mass is 10.1. The molecule has 90 valence electrons. The molecule has 4 nitrogen and oxygen atoms in total. The summed E-state index contributed by atoms with van der Waals surface area (Å²) in [5.74, 6) is 0.679. The molecule has 1 heterocycles. The number of carbonyl (C=O) groups is 1. The highest BCUT2D eigenvalue weighted by Gasteiger charge is 2.19. The molecule has 3 rings (SSSR count). The van der Waals surface area contributed by atoms with Crippen molar-refractivity contribution in [2.75, 3.05) is 0 Å². The first kappa shape index (κ1) is 10.9. The predicted molar refractivity (Wildman–Crippen MR) is 66.5 cm³/mol. The Bertz CT molecular complexity index is 623. The molecule has 0 atom stereocenters. The topological polar surface area (TPSA) is 63.1 Å². The lowest BCUT2D eigenvalue weighted by molar-refractivity contribution is 0.111. The van der Waals surface area contributed by atoms with Crippen LogP contribution in [0, 0.1) is 0 Å². The molecule has 4 heteroatoms. The summed E-state index contributed by atoms with van der Waals surface area (Å²) in [4.78, 5) is 19.9. The maximum atomic E-state index is 11.1. The van der Waals surface area contributed by atoms with Crippen molar-refractivity contribution in [2.24, 2.45) is 0 Å². The monoisotopic (exact) mass is 240 g/mol. The molecular formula is C14H12N2O2. The van der Waals surface area contributed by atoms with Crippen LogP contribution >= 0.6 is 0 Å². The van der Waals surface area contributed by atoms with Crippen LogP contribution in [0.2, 0.25) is 0 Å². The van der Waals surface area contributed by atoms with Gasteiger partial charge in [-0.15, -0.1) is 0 Å². The van der Waals surface area contributed by atoms with Gasteiger partial charge in [0, 0.05) is 16.8 Å². The predicted octanol–water partition coefficient (Wildman–Crippen LogP) is 2.15. The first-order valence-electron chi connectivity index (χ1n) is 5.92. The molecule has 1 N–H and O–H groups in total. The number of hydrogen-bond donors (Lipinski definition) is 1. The molecule has 0 bridgehead atoms. The molecule has 0 fully saturated rings. The average Bonchev–Trinajstić information content (AvgIpc) is 2.85. The lowest BCUT2D eigenvalue weighted by Crippen LogP contribution is -2.02. The molecule has 0 saturated carbocycles. The van der Waals surface area contributed by atoms with Crippen LogP contribution in [0.4, 0.5) is 0 Å². The number of hydrogen-bond acceptors (Lipinski definition) is 4. The molecule has 1 aromatic heterocycles. The molecule has 0 saturated heterocycles. The number of fused-ring (bicyclic) bond motifs is 1. The van der Waals surface area contributed by atoms with Gasteiger partial charge in [-0.05, 0) is 31.4 Å². The maximum absolute atomic E-state index is 11.1. The largest absolute Gasteiger partial charge is 0.508 e. The van der Waals surface area contributed by atoms with Crippen LogP contribution in [-0.2, 0) is 12.8 Å². The van der Waals surface area contributed by atoms with E-state index in [0.717, 1.165) is 42.4 Å². The minimum absolute atomic E-state index is 0.171. The minimum Gasteiger partial charge on any atom is -0.508 e. The Morgan fingerprint density at radius 3 is 2.89 bits per heavy atom. The molecular weight excluding hydrogens is 228 g/mol. The summed E-state index contributed by atoms with van der Waals surface area (Å²) < 4.78 is 0. The highest BCUT2D eigenvalue weighted by Crippen LogP contribution is 2.26. The number of aldehydes is 1. The number of aromatic nitrogens is 2. The number of phenolic OH excluding ortho intramolecular Hbond substituents is 1. The molecule has 0 unspecified atom stereocenters. The zero-order chi connectivity index (χ0) is 12.5. The second-order valence-electron chi connectivity index (χ2n) is 4.38. The third-order valence-corrected chi connectivity index (χ3v) is 3.18. The van der Waals surface area contributed by atoms with Crippen LogP contribution in [0.3, 0.4) is 0 Å². The van der Waals surface area contributed by atoms with Gasteiger partial charge in [0.2, 0.25) is 0 Å². The van der Waals surface area contributed by atoms with E-state index in [2.05, 4.69) is 9.97 Å². The number of benzene rings is 1. The number of aryl methyl sites for hydroxylation is 1. The summed E-state index contributed by atoms with van der Waals surface area (Å²) in [5, 5.41) is 9.47. The van der Waals surface area contributed by atoms with Gasteiger partial charge in [0.1, 0.15) is 11.4 Å². The van der Waals surface area contributed by atoms with E-state index in [1.807, 2.05) is 6.07 Å². The van der Waals surface area contributed by atoms with Crippen LogP contribution in [0.1, 0.15) is 28.2 Å². The van der Waals surface area contributed by atoms with E-state index >= 15 is 0 Å². The summed E-state index contributed by atoms with van der Waals surface area (Å²) in [7, 11) is 0. The third kappa shape index (κ3) is 1.76. The zero-order valence-corrected chi connectivity index (χ0v) is 9.76. The van der Waals surface area contributed by atoms with Crippen LogP contribution in [-0.4, -0.2) is 21.4 Å². The van der Waals surface area contributed by atoms with E-state index in [1.165, 1.54) is 0 Å². The molecule has 0 radical (unpaired) electrons. The van der Waals surface area contributed by atoms with Crippen LogP contribution in [0.15, 0.2) is 24.3 Å². The Balaban J connectivity index is 2.16. The molecule has 1 aliphatic rings. The first-order chi connectivity index (χ1) is 8.78. The Labute approximate surface area is 104 Å². The maximum Gasteiger partial charge on any atom is 0.168 e. The van der Waals surface area contributed by atoms with Crippen molar-refractivity contribution in [1.82, 2.24) is 9.97 Å². The van der Waals surface area contributed by atoms with E-state index in [9.17, 15) is 9.90 Å². The highest BCUT2D eigenvalue weighted by atomic mass is 16.3. The van der Waals surface area contributed by atoms with Crippen molar-refractivity contribution in [3.63, 3.8) is 0 Å². The summed E-state index contributed by atoms with van der Waals surface area (Å²) in [6.45, 7) is 0. The number of nitrogens with zero attached hydrogens (tertiary/aromatic N) is 2. The highest BCUT2D eigenvalue weighted by molar-refractivity contribution is 5.76. The molecule has 1 aliphatic carbocycles. The molecule has 0 aliphatic heterocycles. The normalized spacial score (nSPS) is 13.3. The van der Waals surface area contributed by atoms with Gasteiger partial charge < -0.3 is 5.11 Å². The van der Waals surface area contributed by atoms with Crippen LogP contribution < -0.4 is 0 Å². The lowest BCUT2D eigenvalue weighted by Gasteiger charge is -2.06. The standard InChI is InChI=1S/C14H12N2O2/c17-8-13-11-5-2-6-12(11)15-14(16-13)9-3-1-4-10(18)7-9/h1,3-4,7-8,18H,2,5-6H2. The summed E-state index contributed by atoms with van der Waals surface area (Å²) in [6, 6.07) is 6.76. The van der Waals surface area contributed by atoms with Crippen LogP contribution in [0.25, 0.3) is 11.4 Å². The van der Waals surface area contributed by atoms with Gasteiger partial charge in [-0.2, -0.15) is 0 Å². The van der Waals surface area contributed by atoms with Gasteiger partial charge in [-0.3, -0.25) is 4.79 Å². The summed E-state index contributed by atoms with van der Waals surface area (Å²) in [6.07, 6.45) is 3.58. The molecule has 1 aromatic carbocycles. The number of rotatable bonds is 2. The fraction of sp³-hybridized carbons (Fsp3) is 0.214. The zero-order valence-electron chi connectivity index (χ0n) is 9.76. The fourth-order valence-corrected chi connectivity index (χ4v) is 2.33. The van der Waals surface area contributed by atoms with Crippen LogP contribution in [0.5, 0.6) is 5.75 Å². The van der Waals surface area contributed by atoms with Gasteiger partial charge in [-0.1, -0.05) is 12.1 Å². The number of carbonyl (C=O) groups excluding carboxylic acids is 1. The molecule has 2 aromatic rings. The second kappa shape index (κ2) is 4.22. The molecule has 0 amide bonds. The number of phenols is 1. The van der Waals surface area contributed by atoms with Gasteiger partial charge in [0.25, 0.3) is 0 Å². The van der Waals surface area contributed by atoms with Gasteiger partial charge >= 0.3 is 0 Å². The van der Waals surface area contributed by atoms with E-state index in [1.54, 1.807) is 18.2 Å². The fourth-order valence-electron chi connectivity index (χ4n) is 2.33. The van der Waals surface area contributed by atoms with E-state index < -0.39 is 0 Å². The smallest absolute Gasteiger partial charge is 0.168 e. The van der Waals surface area contributed by atoms with Gasteiger partial charge in [0.15, 0.2) is 12.1 Å². The average molecular weight is 240 g/mol. The van der Waals surface area contributed by atoms with Crippen molar-refractivity contribution in [3.8, 4) is 17.1 Å². The second-order valence-corrected chi connectivity index (χ2v) is 4.38. The van der Waals surface area contributed by atoms with Crippen molar-refractivity contribution in [1.29, 1.82) is 0 Å².